The van der Waals surface area contributed by atoms with Crippen molar-refractivity contribution in [2.75, 3.05) is 0 Å². The molecule has 0 aliphatic carbocycles. The van der Waals surface area contributed by atoms with E-state index in [9.17, 15) is 4.39 Å². The molecular weight excluding hydrogens is 165 g/mol. The molecule has 2 N–H and O–H groups in total. The van der Waals surface area contributed by atoms with Crippen molar-refractivity contribution in [2.45, 2.75) is 19.4 Å². The summed E-state index contributed by atoms with van der Waals surface area (Å²) in [6.45, 7) is 5.72. The smallest absolute Gasteiger partial charge is 0.123 e. The van der Waals surface area contributed by atoms with Crippen LogP contribution >= 0.6 is 0 Å². The summed E-state index contributed by atoms with van der Waals surface area (Å²) >= 11 is 0. The first-order valence-corrected chi connectivity index (χ1v) is 4.25. The molecule has 0 saturated carbocycles. The molecule has 0 aliphatic heterocycles. The molecule has 1 aromatic carbocycles. The van der Waals surface area contributed by atoms with Crippen molar-refractivity contribution in [2.24, 2.45) is 5.73 Å². The summed E-state index contributed by atoms with van der Waals surface area (Å²) in [5.41, 5.74) is 7.85. The fraction of sp³-hybridized carbons (Fsp3) is 0.273. The Morgan fingerprint density at radius 2 is 2.00 bits per heavy atom. The highest BCUT2D eigenvalue weighted by atomic mass is 19.1. The molecule has 0 radical (unpaired) electrons. The van der Waals surface area contributed by atoms with Crippen LogP contribution in [0.2, 0.25) is 0 Å². The lowest BCUT2D eigenvalue weighted by atomic mass is 10.0. The maximum Gasteiger partial charge on any atom is 0.123 e. The summed E-state index contributed by atoms with van der Waals surface area (Å²) in [6.07, 6.45) is 0.742. The Bertz CT molecular complexity index is 289. The second-order valence-electron chi connectivity index (χ2n) is 3.32. The van der Waals surface area contributed by atoms with Crippen LogP contribution in [0.25, 0.3) is 0 Å². The van der Waals surface area contributed by atoms with Crippen molar-refractivity contribution < 1.29 is 4.39 Å². The van der Waals surface area contributed by atoms with E-state index in [1.54, 1.807) is 12.1 Å². The van der Waals surface area contributed by atoms with E-state index in [4.69, 9.17) is 5.73 Å². The fourth-order valence-electron chi connectivity index (χ4n) is 1.20. The zero-order chi connectivity index (χ0) is 9.84. The summed E-state index contributed by atoms with van der Waals surface area (Å²) in [6, 6.07) is 6.20. The molecule has 1 aromatic rings. The zero-order valence-corrected chi connectivity index (χ0v) is 7.76. The molecule has 0 unspecified atom stereocenters. The maximum absolute atomic E-state index is 12.6. The van der Waals surface area contributed by atoms with Crippen LogP contribution in [-0.4, -0.2) is 0 Å². The molecule has 0 bridgehead atoms. The summed E-state index contributed by atoms with van der Waals surface area (Å²) in [5, 5.41) is 0. The van der Waals surface area contributed by atoms with Gasteiger partial charge in [0.25, 0.3) is 0 Å². The van der Waals surface area contributed by atoms with Crippen molar-refractivity contribution in [1.82, 2.24) is 0 Å². The van der Waals surface area contributed by atoms with Crippen LogP contribution < -0.4 is 5.73 Å². The second-order valence-corrected chi connectivity index (χ2v) is 3.32. The topological polar surface area (TPSA) is 26.0 Å². The highest BCUT2D eigenvalue weighted by Gasteiger charge is 2.05. The Morgan fingerprint density at radius 1 is 1.46 bits per heavy atom. The van der Waals surface area contributed by atoms with Crippen molar-refractivity contribution in [3.05, 3.63) is 47.8 Å². The minimum absolute atomic E-state index is 0.0712. The average Bonchev–Trinajstić information content (AvgIpc) is 2.04. The lowest BCUT2D eigenvalue weighted by Gasteiger charge is -2.11. The molecule has 0 saturated heterocycles. The summed E-state index contributed by atoms with van der Waals surface area (Å²) in [5.74, 6) is -0.230. The first-order valence-electron chi connectivity index (χ1n) is 4.25. The van der Waals surface area contributed by atoms with Crippen LogP contribution in [0, 0.1) is 5.82 Å². The molecule has 0 aromatic heterocycles. The molecule has 0 amide bonds. The molecule has 13 heavy (non-hydrogen) atoms. The normalized spacial score (nSPS) is 12.5. The molecule has 70 valence electrons. The number of rotatable bonds is 3. The summed E-state index contributed by atoms with van der Waals surface area (Å²) in [4.78, 5) is 0. The van der Waals surface area contributed by atoms with Gasteiger partial charge in [0.15, 0.2) is 0 Å². The first-order chi connectivity index (χ1) is 6.09. The molecule has 0 spiro atoms. The molecule has 2 heteroatoms. The lowest BCUT2D eigenvalue weighted by molar-refractivity contribution is 0.624. The van der Waals surface area contributed by atoms with Gasteiger partial charge in [-0.3, -0.25) is 0 Å². The van der Waals surface area contributed by atoms with Crippen LogP contribution in [0.3, 0.4) is 0 Å². The average molecular weight is 179 g/mol. The molecule has 0 aliphatic rings. The van der Waals surface area contributed by atoms with E-state index < -0.39 is 0 Å². The quantitative estimate of drug-likeness (QED) is 0.709. The third kappa shape index (κ3) is 2.99. The van der Waals surface area contributed by atoms with E-state index in [0.29, 0.717) is 0 Å². The van der Waals surface area contributed by atoms with Gasteiger partial charge >= 0.3 is 0 Å². The molecule has 0 fully saturated rings. The predicted molar refractivity (Wildman–Crippen MR) is 52.8 cm³/mol. The second kappa shape index (κ2) is 4.19. The third-order valence-corrected chi connectivity index (χ3v) is 1.87. The van der Waals surface area contributed by atoms with Crippen LogP contribution in [0.1, 0.15) is 24.9 Å². The standard InChI is InChI=1S/C11H14FN/c1-8(2)7-11(13)9-3-5-10(12)6-4-9/h3-6,11H,1,7,13H2,2H3/t11-/m0/s1. The van der Waals surface area contributed by atoms with Crippen molar-refractivity contribution in [3.63, 3.8) is 0 Å². The van der Waals surface area contributed by atoms with Gasteiger partial charge in [-0.05, 0) is 31.0 Å². The Balaban J connectivity index is 2.71. The first kappa shape index (κ1) is 9.93. The number of nitrogens with two attached hydrogens (primary N) is 1. The van der Waals surface area contributed by atoms with Gasteiger partial charge < -0.3 is 5.73 Å². The maximum atomic E-state index is 12.6. The summed E-state index contributed by atoms with van der Waals surface area (Å²) < 4.78 is 12.6. The molecule has 1 nitrogen and oxygen atoms in total. The van der Waals surface area contributed by atoms with E-state index >= 15 is 0 Å². The van der Waals surface area contributed by atoms with Gasteiger partial charge in [-0.25, -0.2) is 4.39 Å². The van der Waals surface area contributed by atoms with Gasteiger partial charge in [0, 0.05) is 6.04 Å². The van der Waals surface area contributed by atoms with E-state index in [0.717, 1.165) is 17.6 Å². The van der Waals surface area contributed by atoms with Gasteiger partial charge in [-0.15, -0.1) is 6.58 Å². The van der Waals surface area contributed by atoms with Gasteiger partial charge in [-0.1, -0.05) is 17.7 Å². The lowest BCUT2D eigenvalue weighted by Crippen LogP contribution is -2.10. The fourth-order valence-corrected chi connectivity index (χ4v) is 1.20. The van der Waals surface area contributed by atoms with E-state index in [1.807, 2.05) is 6.92 Å². The Labute approximate surface area is 78.1 Å². The number of hydrogen-bond acceptors (Lipinski definition) is 1. The number of benzene rings is 1. The minimum atomic E-state index is -0.230. The molecular formula is C11H14FN. The van der Waals surface area contributed by atoms with Gasteiger partial charge in [-0.2, -0.15) is 0 Å². The van der Waals surface area contributed by atoms with Crippen molar-refractivity contribution in [1.29, 1.82) is 0 Å². The van der Waals surface area contributed by atoms with Crippen LogP contribution in [0.15, 0.2) is 36.4 Å². The van der Waals surface area contributed by atoms with E-state index in [2.05, 4.69) is 6.58 Å². The largest absolute Gasteiger partial charge is 0.324 e. The monoisotopic (exact) mass is 179 g/mol. The Hall–Kier alpha value is -1.15. The van der Waals surface area contributed by atoms with Crippen LogP contribution in [-0.2, 0) is 0 Å². The van der Waals surface area contributed by atoms with Crippen LogP contribution in [0.4, 0.5) is 4.39 Å². The van der Waals surface area contributed by atoms with E-state index in [-0.39, 0.29) is 11.9 Å². The Morgan fingerprint density at radius 3 is 2.46 bits per heavy atom. The van der Waals surface area contributed by atoms with Gasteiger partial charge in [0.2, 0.25) is 0 Å². The SMILES string of the molecule is C=C(C)C[C@H](N)c1ccc(F)cc1. The van der Waals surface area contributed by atoms with Crippen molar-refractivity contribution >= 4 is 0 Å². The van der Waals surface area contributed by atoms with Gasteiger partial charge in [0.1, 0.15) is 5.82 Å². The summed E-state index contributed by atoms with van der Waals surface area (Å²) in [7, 11) is 0. The predicted octanol–water partition coefficient (Wildman–Crippen LogP) is 2.79. The molecule has 1 rings (SSSR count). The van der Waals surface area contributed by atoms with Crippen LogP contribution in [0.5, 0.6) is 0 Å². The van der Waals surface area contributed by atoms with E-state index in [1.165, 1.54) is 12.1 Å². The highest BCUT2D eigenvalue weighted by Crippen LogP contribution is 2.17. The highest BCUT2D eigenvalue weighted by molar-refractivity contribution is 5.20. The third-order valence-electron chi connectivity index (χ3n) is 1.87. The number of halogens is 1. The van der Waals surface area contributed by atoms with Gasteiger partial charge in [0.05, 0.1) is 0 Å². The number of hydrogen-bond donors (Lipinski definition) is 1. The minimum Gasteiger partial charge on any atom is -0.324 e. The van der Waals surface area contributed by atoms with Crippen molar-refractivity contribution in [3.8, 4) is 0 Å². The zero-order valence-electron chi connectivity index (χ0n) is 7.76. The Kier molecular flexibility index (Phi) is 3.20. The molecule has 1 atom stereocenters. The molecule has 0 heterocycles.